The Kier molecular flexibility index (Phi) is 9.39. The second kappa shape index (κ2) is 10.2. The van der Waals surface area contributed by atoms with E-state index in [0.29, 0.717) is 4.90 Å². The van der Waals surface area contributed by atoms with Crippen molar-refractivity contribution < 1.29 is 8.42 Å². The molecule has 0 aliphatic heterocycles. The van der Waals surface area contributed by atoms with Gasteiger partial charge >= 0.3 is 0 Å². The summed E-state index contributed by atoms with van der Waals surface area (Å²) in [4.78, 5) is 0.374. The normalized spacial score (nSPS) is 9.60. The van der Waals surface area contributed by atoms with E-state index in [1.165, 1.54) is 0 Å². The lowest BCUT2D eigenvalue weighted by atomic mass is 10.2. The number of rotatable bonds is 3. The Morgan fingerprint density at radius 1 is 0.700 bits per heavy atom. The zero-order valence-electron chi connectivity index (χ0n) is 12.7. The first-order valence-corrected chi connectivity index (χ1v) is 8.65. The lowest BCUT2D eigenvalue weighted by Crippen LogP contribution is -2.04. The summed E-state index contributed by atoms with van der Waals surface area (Å²) >= 11 is 0. The molecular weight excluding hydrogens is 268 g/mol. The van der Waals surface area contributed by atoms with Crippen molar-refractivity contribution >= 4 is 9.84 Å². The van der Waals surface area contributed by atoms with Gasteiger partial charge in [-0.15, -0.1) is 0 Å². The van der Waals surface area contributed by atoms with Crippen LogP contribution in [-0.4, -0.2) is 8.42 Å². The van der Waals surface area contributed by atoms with E-state index in [1.54, 1.807) is 24.3 Å². The lowest BCUT2D eigenvalue weighted by molar-refractivity contribution is 0.595. The maximum Gasteiger partial charge on any atom is 0.182 e. The van der Waals surface area contributed by atoms with Crippen LogP contribution >= 0.6 is 0 Å². The summed E-state index contributed by atoms with van der Waals surface area (Å²) in [7, 11) is -3.21. The fourth-order valence-corrected chi connectivity index (χ4v) is 2.87. The highest BCUT2D eigenvalue weighted by Gasteiger charge is 2.13. The molecule has 0 fully saturated rings. The van der Waals surface area contributed by atoms with Gasteiger partial charge in [0.1, 0.15) is 0 Å². The van der Waals surface area contributed by atoms with E-state index in [9.17, 15) is 8.42 Å². The summed E-state index contributed by atoms with van der Waals surface area (Å²) in [5, 5.41) is 0. The summed E-state index contributed by atoms with van der Waals surface area (Å²) in [6.07, 6.45) is 0. The minimum absolute atomic E-state index is 0.0534. The average molecular weight is 292 g/mol. The number of benzene rings is 2. The van der Waals surface area contributed by atoms with Crippen molar-refractivity contribution in [1.82, 2.24) is 0 Å². The first-order valence-electron chi connectivity index (χ1n) is 7.00. The van der Waals surface area contributed by atoms with Gasteiger partial charge in [-0.25, -0.2) is 8.42 Å². The smallest absolute Gasteiger partial charge is 0.182 e. The predicted octanol–water partition coefficient (Wildman–Crippen LogP) is 4.71. The molecule has 0 N–H and O–H groups in total. The van der Waals surface area contributed by atoms with Crippen LogP contribution in [0.25, 0.3) is 0 Å². The number of sulfone groups is 1. The molecule has 20 heavy (non-hydrogen) atoms. The molecule has 0 atom stereocenters. The lowest BCUT2D eigenvalue weighted by Gasteiger charge is -2.03. The number of hydrogen-bond acceptors (Lipinski definition) is 2. The molecule has 3 heteroatoms. The molecule has 0 aliphatic rings. The molecule has 0 aliphatic carbocycles. The van der Waals surface area contributed by atoms with E-state index in [1.807, 2.05) is 64.1 Å². The molecule has 0 spiro atoms. The summed E-state index contributed by atoms with van der Waals surface area (Å²) in [6.45, 7) is 8.00. The first kappa shape index (κ1) is 18.4. The topological polar surface area (TPSA) is 34.1 Å². The van der Waals surface area contributed by atoms with Crippen LogP contribution in [0.1, 0.15) is 33.3 Å². The van der Waals surface area contributed by atoms with Gasteiger partial charge in [0.2, 0.25) is 0 Å². The van der Waals surface area contributed by atoms with Gasteiger partial charge in [-0.05, 0) is 17.7 Å². The van der Waals surface area contributed by atoms with Crippen LogP contribution < -0.4 is 0 Å². The second-order valence-electron chi connectivity index (χ2n) is 3.56. The molecule has 0 saturated heterocycles. The SMILES string of the molecule is CC.CC.O=S(=O)(Cc1ccccc1)c1ccccc1. The Balaban J connectivity index is 0.000000829. The van der Waals surface area contributed by atoms with Crippen LogP contribution in [-0.2, 0) is 15.6 Å². The zero-order chi connectivity index (χ0) is 15.4. The van der Waals surface area contributed by atoms with E-state index in [0.717, 1.165) is 5.56 Å². The van der Waals surface area contributed by atoms with Gasteiger partial charge in [-0.3, -0.25) is 0 Å². The molecule has 0 heterocycles. The standard InChI is InChI=1S/C13H12O2S.2C2H6/c14-16(15,13-9-5-2-6-10-13)11-12-7-3-1-4-8-12;2*1-2/h1-10H,11H2;2*1-2H3. The fraction of sp³-hybridized carbons (Fsp3) is 0.294. The third-order valence-corrected chi connectivity index (χ3v) is 4.01. The van der Waals surface area contributed by atoms with Crippen molar-refractivity contribution in [3.8, 4) is 0 Å². The largest absolute Gasteiger partial charge is 0.223 e. The molecule has 110 valence electrons. The molecule has 0 radical (unpaired) electrons. The molecule has 0 unspecified atom stereocenters. The summed E-state index contributed by atoms with van der Waals surface area (Å²) in [5.74, 6) is 0.0534. The Morgan fingerprint density at radius 2 is 1.10 bits per heavy atom. The average Bonchev–Trinajstić information content (AvgIpc) is 2.53. The van der Waals surface area contributed by atoms with E-state index < -0.39 is 9.84 Å². The highest BCUT2D eigenvalue weighted by atomic mass is 32.2. The van der Waals surface area contributed by atoms with Crippen LogP contribution in [0.15, 0.2) is 65.6 Å². The molecule has 0 bridgehead atoms. The van der Waals surface area contributed by atoms with Crippen molar-refractivity contribution in [2.45, 2.75) is 38.3 Å². The second-order valence-corrected chi connectivity index (χ2v) is 5.55. The monoisotopic (exact) mass is 292 g/mol. The van der Waals surface area contributed by atoms with E-state index in [-0.39, 0.29) is 5.75 Å². The van der Waals surface area contributed by atoms with Gasteiger partial charge in [0, 0.05) is 0 Å². The van der Waals surface area contributed by atoms with Crippen molar-refractivity contribution in [3.05, 3.63) is 66.2 Å². The minimum Gasteiger partial charge on any atom is -0.223 e. The van der Waals surface area contributed by atoms with E-state index >= 15 is 0 Å². The quantitative estimate of drug-likeness (QED) is 0.820. The maximum absolute atomic E-state index is 12.0. The molecule has 0 amide bonds. The summed E-state index contributed by atoms with van der Waals surface area (Å²) in [6, 6.07) is 17.7. The van der Waals surface area contributed by atoms with Gasteiger partial charge in [-0.1, -0.05) is 76.2 Å². The van der Waals surface area contributed by atoms with Gasteiger partial charge in [0.05, 0.1) is 10.6 Å². The van der Waals surface area contributed by atoms with Crippen LogP contribution in [0.3, 0.4) is 0 Å². The van der Waals surface area contributed by atoms with Crippen molar-refractivity contribution in [2.24, 2.45) is 0 Å². The van der Waals surface area contributed by atoms with Crippen LogP contribution in [0, 0.1) is 0 Å². The van der Waals surface area contributed by atoms with Crippen molar-refractivity contribution in [3.63, 3.8) is 0 Å². The summed E-state index contributed by atoms with van der Waals surface area (Å²) < 4.78 is 24.0. The van der Waals surface area contributed by atoms with Gasteiger partial charge in [0.25, 0.3) is 0 Å². The minimum atomic E-state index is -3.21. The Hall–Kier alpha value is -1.61. The van der Waals surface area contributed by atoms with Crippen molar-refractivity contribution in [1.29, 1.82) is 0 Å². The van der Waals surface area contributed by atoms with Crippen LogP contribution in [0.5, 0.6) is 0 Å². The Bertz CT molecular complexity index is 546. The molecular formula is C17H24O2S. The highest BCUT2D eigenvalue weighted by molar-refractivity contribution is 7.90. The van der Waals surface area contributed by atoms with Gasteiger partial charge in [0.15, 0.2) is 9.84 Å². The molecule has 2 nitrogen and oxygen atoms in total. The highest BCUT2D eigenvalue weighted by Crippen LogP contribution is 2.15. The van der Waals surface area contributed by atoms with E-state index in [2.05, 4.69) is 0 Å². The summed E-state index contributed by atoms with van der Waals surface area (Å²) in [5.41, 5.74) is 0.811. The van der Waals surface area contributed by atoms with E-state index in [4.69, 9.17) is 0 Å². The zero-order valence-corrected chi connectivity index (χ0v) is 13.5. The van der Waals surface area contributed by atoms with Crippen molar-refractivity contribution in [2.75, 3.05) is 0 Å². The fourth-order valence-electron chi connectivity index (χ4n) is 1.50. The molecule has 2 rings (SSSR count). The molecule has 2 aromatic rings. The molecule has 0 saturated carbocycles. The molecule has 2 aromatic carbocycles. The van der Waals surface area contributed by atoms with Gasteiger partial charge in [-0.2, -0.15) is 0 Å². The molecule has 0 aromatic heterocycles. The van der Waals surface area contributed by atoms with Crippen LogP contribution in [0.4, 0.5) is 0 Å². The first-order chi connectivity index (χ1) is 9.68. The number of hydrogen-bond donors (Lipinski definition) is 0. The third kappa shape index (κ3) is 6.02. The third-order valence-electron chi connectivity index (χ3n) is 2.30. The Morgan fingerprint density at radius 3 is 1.55 bits per heavy atom. The van der Waals surface area contributed by atoms with Crippen LogP contribution in [0.2, 0.25) is 0 Å². The maximum atomic E-state index is 12.0. The Labute approximate surface area is 123 Å². The van der Waals surface area contributed by atoms with Gasteiger partial charge < -0.3 is 0 Å². The predicted molar refractivity (Wildman–Crippen MR) is 86.5 cm³/mol.